The van der Waals surface area contributed by atoms with E-state index in [4.69, 9.17) is 0 Å². The fourth-order valence-electron chi connectivity index (χ4n) is 3.41. The van der Waals surface area contributed by atoms with Crippen LogP contribution in [0.15, 0.2) is 0 Å². The van der Waals surface area contributed by atoms with Gasteiger partial charge in [-0.15, -0.1) is 12.4 Å². The molecule has 0 radical (unpaired) electrons. The molecule has 0 spiro atoms. The molecule has 2 fully saturated rings. The van der Waals surface area contributed by atoms with Gasteiger partial charge in [-0.05, 0) is 46.6 Å². The number of hydrogen-bond donors (Lipinski definition) is 1. The zero-order valence-corrected chi connectivity index (χ0v) is 13.2. The Balaban J connectivity index is 0.00000180. The average molecular weight is 290 g/mol. The van der Waals surface area contributed by atoms with Crippen molar-refractivity contribution in [2.75, 3.05) is 26.7 Å². The summed E-state index contributed by atoms with van der Waals surface area (Å²) in [4.78, 5) is 16.3. The molecule has 19 heavy (non-hydrogen) atoms. The van der Waals surface area contributed by atoms with Gasteiger partial charge in [-0.2, -0.15) is 0 Å². The Bertz CT molecular complexity index is 284. The lowest BCUT2D eigenvalue weighted by Gasteiger charge is -2.36. The van der Waals surface area contributed by atoms with Gasteiger partial charge in [-0.25, -0.2) is 0 Å². The molecule has 5 heteroatoms. The Hall–Kier alpha value is -0.320. The summed E-state index contributed by atoms with van der Waals surface area (Å²) >= 11 is 0. The smallest absolute Gasteiger partial charge is 0.236 e. The summed E-state index contributed by atoms with van der Waals surface area (Å²) in [5, 5.41) is 3.65. The summed E-state index contributed by atoms with van der Waals surface area (Å²) < 4.78 is 0. The highest BCUT2D eigenvalue weighted by molar-refractivity contribution is 5.85. The number of carbonyl (C=O) groups excluding carboxylic acids is 1. The molecule has 2 atom stereocenters. The summed E-state index contributed by atoms with van der Waals surface area (Å²) in [5.41, 5.74) is 0. The van der Waals surface area contributed by atoms with Crippen LogP contribution in [0, 0.1) is 0 Å². The van der Waals surface area contributed by atoms with Crippen molar-refractivity contribution in [3.8, 4) is 0 Å². The fraction of sp³-hybridized carbons (Fsp3) is 0.929. The highest BCUT2D eigenvalue weighted by Crippen LogP contribution is 2.29. The predicted molar refractivity (Wildman–Crippen MR) is 80.8 cm³/mol. The molecule has 2 aliphatic rings. The molecule has 0 aromatic rings. The number of rotatable bonds is 5. The number of carbonyl (C=O) groups is 1. The van der Waals surface area contributed by atoms with Gasteiger partial charge in [0.15, 0.2) is 0 Å². The van der Waals surface area contributed by atoms with Crippen molar-refractivity contribution in [2.45, 2.75) is 57.7 Å². The molecule has 2 unspecified atom stereocenters. The van der Waals surface area contributed by atoms with Crippen LogP contribution in [0.2, 0.25) is 0 Å². The maximum absolute atomic E-state index is 12.1. The van der Waals surface area contributed by atoms with E-state index in [1.165, 1.54) is 25.7 Å². The van der Waals surface area contributed by atoms with Crippen LogP contribution in [0.25, 0.3) is 0 Å². The maximum Gasteiger partial charge on any atom is 0.236 e. The molecule has 0 aliphatic carbocycles. The molecule has 2 rings (SSSR count). The quantitative estimate of drug-likeness (QED) is 0.833. The Morgan fingerprint density at radius 1 is 1.16 bits per heavy atom. The van der Waals surface area contributed by atoms with Gasteiger partial charge in [-0.3, -0.25) is 9.69 Å². The lowest BCUT2D eigenvalue weighted by atomic mass is 9.98. The molecule has 0 saturated carbocycles. The van der Waals surface area contributed by atoms with Crippen LogP contribution in [0.5, 0.6) is 0 Å². The third kappa shape index (κ3) is 4.07. The molecular weight excluding hydrogens is 262 g/mol. The Morgan fingerprint density at radius 2 is 1.68 bits per heavy atom. The first kappa shape index (κ1) is 16.7. The third-order valence-electron chi connectivity index (χ3n) is 4.57. The van der Waals surface area contributed by atoms with Gasteiger partial charge < -0.3 is 10.2 Å². The zero-order chi connectivity index (χ0) is 13.1. The van der Waals surface area contributed by atoms with Gasteiger partial charge >= 0.3 is 0 Å². The van der Waals surface area contributed by atoms with Gasteiger partial charge in [0.25, 0.3) is 0 Å². The number of amides is 1. The second kappa shape index (κ2) is 7.46. The summed E-state index contributed by atoms with van der Waals surface area (Å²) in [6, 6.07) is 1.97. The first-order chi connectivity index (χ1) is 8.63. The van der Waals surface area contributed by atoms with Crippen LogP contribution in [0.3, 0.4) is 0 Å². The van der Waals surface area contributed by atoms with Gasteiger partial charge in [0.2, 0.25) is 5.91 Å². The number of piperidine rings is 1. The molecular formula is C14H28ClN3O. The highest BCUT2D eigenvalue weighted by atomic mass is 35.5. The molecule has 0 aromatic heterocycles. The van der Waals surface area contributed by atoms with Crippen LogP contribution in [0.1, 0.15) is 39.5 Å². The molecule has 2 saturated heterocycles. The van der Waals surface area contributed by atoms with E-state index in [0.29, 0.717) is 24.7 Å². The molecule has 1 amide bonds. The Labute approximate surface area is 123 Å². The Kier molecular flexibility index (Phi) is 6.57. The van der Waals surface area contributed by atoms with Crippen molar-refractivity contribution in [1.82, 2.24) is 15.1 Å². The van der Waals surface area contributed by atoms with Crippen LogP contribution in [-0.2, 0) is 4.79 Å². The second-order valence-electron chi connectivity index (χ2n) is 5.74. The van der Waals surface area contributed by atoms with E-state index in [1.807, 2.05) is 18.7 Å². The molecule has 0 aromatic carbocycles. The summed E-state index contributed by atoms with van der Waals surface area (Å²) in [6.07, 6.45) is 5.05. The number of nitrogens with one attached hydrogen (secondary N) is 1. The number of nitrogens with zero attached hydrogens (tertiary/aromatic N) is 2. The van der Waals surface area contributed by atoms with Gasteiger partial charge in [-0.1, -0.05) is 0 Å². The standard InChI is InChI=1S/C14H27N3O.ClH/c1-4-17(5-2)14(18)10-16(3)13-8-11-6-7-12(9-13)15-11;/h11-13,15H,4-10H2,1-3H3;1H. The minimum Gasteiger partial charge on any atom is -0.342 e. The zero-order valence-electron chi connectivity index (χ0n) is 12.4. The van der Waals surface area contributed by atoms with Crippen LogP contribution in [0.4, 0.5) is 0 Å². The van der Waals surface area contributed by atoms with Crippen molar-refractivity contribution < 1.29 is 4.79 Å². The fourth-order valence-corrected chi connectivity index (χ4v) is 3.41. The lowest BCUT2D eigenvalue weighted by Crippen LogP contribution is -2.49. The Morgan fingerprint density at radius 3 is 2.16 bits per heavy atom. The SMILES string of the molecule is CCN(CC)C(=O)CN(C)C1CC2CCC(C1)N2.Cl. The number of hydrogen-bond acceptors (Lipinski definition) is 3. The highest BCUT2D eigenvalue weighted by Gasteiger charge is 2.35. The molecule has 4 nitrogen and oxygen atoms in total. The van der Waals surface area contributed by atoms with E-state index in [9.17, 15) is 4.79 Å². The summed E-state index contributed by atoms with van der Waals surface area (Å²) in [7, 11) is 2.11. The monoisotopic (exact) mass is 289 g/mol. The topological polar surface area (TPSA) is 35.6 Å². The van der Waals surface area contributed by atoms with E-state index in [-0.39, 0.29) is 18.3 Å². The second-order valence-corrected chi connectivity index (χ2v) is 5.74. The number of likely N-dealkylation sites (N-methyl/N-ethyl adjacent to an activating group) is 2. The van der Waals surface area contributed by atoms with E-state index in [2.05, 4.69) is 17.3 Å². The summed E-state index contributed by atoms with van der Waals surface area (Å²) in [6.45, 7) is 6.31. The van der Waals surface area contributed by atoms with Crippen molar-refractivity contribution >= 4 is 18.3 Å². The molecule has 2 bridgehead atoms. The van der Waals surface area contributed by atoms with Crippen molar-refractivity contribution in [1.29, 1.82) is 0 Å². The van der Waals surface area contributed by atoms with Crippen LogP contribution < -0.4 is 5.32 Å². The minimum atomic E-state index is 0. The number of halogens is 1. The van der Waals surface area contributed by atoms with Gasteiger partial charge in [0, 0.05) is 31.2 Å². The van der Waals surface area contributed by atoms with E-state index in [0.717, 1.165) is 13.1 Å². The molecule has 2 aliphatic heterocycles. The van der Waals surface area contributed by atoms with Crippen LogP contribution >= 0.6 is 12.4 Å². The van der Waals surface area contributed by atoms with Crippen molar-refractivity contribution in [3.63, 3.8) is 0 Å². The van der Waals surface area contributed by atoms with Crippen molar-refractivity contribution in [3.05, 3.63) is 0 Å². The first-order valence-corrected chi connectivity index (χ1v) is 7.38. The van der Waals surface area contributed by atoms with Crippen LogP contribution in [-0.4, -0.2) is 60.5 Å². The van der Waals surface area contributed by atoms with E-state index in [1.54, 1.807) is 0 Å². The minimum absolute atomic E-state index is 0. The molecule has 2 heterocycles. The molecule has 112 valence electrons. The average Bonchev–Trinajstić information content (AvgIpc) is 2.69. The predicted octanol–water partition coefficient (Wildman–Crippen LogP) is 1.49. The van der Waals surface area contributed by atoms with Gasteiger partial charge in [0.05, 0.1) is 6.54 Å². The van der Waals surface area contributed by atoms with Crippen molar-refractivity contribution in [2.24, 2.45) is 0 Å². The first-order valence-electron chi connectivity index (χ1n) is 7.38. The number of fused-ring (bicyclic) bond motifs is 2. The molecule has 1 N–H and O–H groups in total. The summed E-state index contributed by atoms with van der Waals surface area (Å²) in [5.74, 6) is 0.272. The van der Waals surface area contributed by atoms with Gasteiger partial charge in [0.1, 0.15) is 0 Å². The van der Waals surface area contributed by atoms with E-state index < -0.39 is 0 Å². The third-order valence-corrected chi connectivity index (χ3v) is 4.57. The lowest BCUT2D eigenvalue weighted by molar-refractivity contribution is -0.132. The maximum atomic E-state index is 12.1. The normalized spacial score (nSPS) is 29.2. The van der Waals surface area contributed by atoms with E-state index >= 15 is 0 Å². The largest absolute Gasteiger partial charge is 0.342 e.